The van der Waals surface area contributed by atoms with Gasteiger partial charge >= 0.3 is 0 Å². The third-order valence-electron chi connectivity index (χ3n) is 2.93. The molecule has 0 bridgehead atoms. The molecule has 0 heterocycles. The summed E-state index contributed by atoms with van der Waals surface area (Å²) < 4.78 is 5.48. The molecule has 0 amide bonds. The standard InChI is InChI=1S/C16H24O/c1-4-16(17-5-2)12-11-14(3)13-15-9-7-6-8-10-15/h4,6-9,11-12,14-15H,5,10,13H2,1-3H3/b12-11-,16-4+. The molecule has 1 aliphatic rings. The van der Waals surface area contributed by atoms with E-state index in [9.17, 15) is 0 Å². The Labute approximate surface area is 106 Å². The molecule has 0 aromatic carbocycles. The van der Waals surface area contributed by atoms with Gasteiger partial charge in [0.2, 0.25) is 0 Å². The van der Waals surface area contributed by atoms with Crippen molar-refractivity contribution in [3.8, 4) is 0 Å². The fourth-order valence-corrected chi connectivity index (χ4v) is 2.02. The van der Waals surface area contributed by atoms with E-state index in [1.807, 2.05) is 19.9 Å². The van der Waals surface area contributed by atoms with Crippen molar-refractivity contribution >= 4 is 0 Å². The zero-order chi connectivity index (χ0) is 12.5. The molecule has 0 aromatic rings. The fourth-order valence-electron chi connectivity index (χ4n) is 2.02. The van der Waals surface area contributed by atoms with E-state index in [1.165, 1.54) is 12.8 Å². The molecule has 0 saturated heterocycles. The van der Waals surface area contributed by atoms with Crippen molar-refractivity contribution in [3.63, 3.8) is 0 Å². The van der Waals surface area contributed by atoms with Crippen LogP contribution in [0.4, 0.5) is 0 Å². The molecule has 0 radical (unpaired) electrons. The Morgan fingerprint density at radius 3 is 2.88 bits per heavy atom. The van der Waals surface area contributed by atoms with Gasteiger partial charge in [0.1, 0.15) is 5.76 Å². The Balaban J connectivity index is 2.37. The van der Waals surface area contributed by atoms with E-state index >= 15 is 0 Å². The van der Waals surface area contributed by atoms with Gasteiger partial charge in [-0.3, -0.25) is 0 Å². The van der Waals surface area contributed by atoms with Crippen LogP contribution >= 0.6 is 0 Å². The zero-order valence-corrected chi connectivity index (χ0v) is 11.2. The lowest BCUT2D eigenvalue weighted by atomic mass is 9.90. The minimum absolute atomic E-state index is 0.589. The van der Waals surface area contributed by atoms with Crippen LogP contribution in [0.25, 0.3) is 0 Å². The van der Waals surface area contributed by atoms with E-state index in [1.54, 1.807) is 0 Å². The van der Waals surface area contributed by atoms with Crippen molar-refractivity contribution in [2.75, 3.05) is 6.61 Å². The number of rotatable bonds is 6. The zero-order valence-electron chi connectivity index (χ0n) is 11.2. The summed E-state index contributed by atoms with van der Waals surface area (Å²) >= 11 is 0. The molecule has 1 aliphatic carbocycles. The monoisotopic (exact) mass is 232 g/mol. The Morgan fingerprint density at radius 1 is 1.47 bits per heavy atom. The van der Waals surface area contributed by atoms with Crippen LogP contribution in [-0.2, 0) is 4.74 Å². The Kier molecular flexibility index (Phi) is 6.46. The average molecular weight is 232 g/mol. The smallest absolute Gasteiger partial charge is 0.114 e. The molecule has 0 N–H and O–H groups in total. The predicted molar refractivity (Wildman–Crippen MR) is 74.7 cm³/mol. The first-order valence-corrected chi connectivity index (χ1v) is 6.56. The molecule has 1 nitrogen and oxygen atoms in total. The minimum Gasteiger partial charge on any atom is -0.494 e. The maximum Gasteiger partial charge on any atom is 0.114 e. The third kappa shape index (κ3) is 5.58. The summed E-state index contributed by atoms with van der Waals surface area (Å²) in [7, 11) is 0. The van der Waals surface area contributed by atoms with Crippen LogP contribution in [0.5, 0.6) is 0 Å². The van der Waals surface area contributed by atoms with E-state index < -0.39 is 0 Å². The van der Waals surface area contributed by atoms with Crippen LogP contribution in [-0.4, -0.2) is 6.61 Å². The summed E-state index contributed by atoms with van der Waals surface area (Å²) in [6, 6.07) is 0. The minimum atomic E-state index is 0.589. The second-order valence-corrected chi connectivity index (χ2v) is 4.50. The van der Waals surface area contributed by atoms with Gasteiger partial charge < -0.3 is 4.74 Å². The maximum absolute atomic E-state index is 5.48. The van der Waals surface area contributed by atoms with Gasteiger partial charge in [-0.1, -0.05) is 37.3 Å². The number of hydrogen-bond donors (Lipinski definition) is 0. The number of allylic oxidation sites excluding steroid dienone is 7. The molecule has 1 rings (SSSR count). The topological polar surface area (TPSA) is 9.23 Å². The van der Waals surface area contributed by atoms with E-state index in [0.29, 0.717) is 11.8 Å². The van der Waals surface area contributed by atoms with Crippen molar-refractivity contribution in [2.24, 2.45) is 11.8 Å². The van der Waals surface area contributed by atoms with Crippen molar-refractivity contribution in [2.45, 2.75) is 33.6 Å². The van der Waals surface area contributed by atoms with Crippen molar-refractivity contribution < 1.29 is 4.74 Å². The molecule has 1 heteroatoms. The Hall–Kier alpha value is -1.24. The van der Waals surface area contributed by atoms with Crippen LogP contribution in [0.2, 0.25) is 0 Å². The largest absolute Gasteiger partial charge is 0.494 e. The van der Waals surface area contributed by atoms with Gasteiger partial charge in [-0.2, -0.15) is 0 Å². The molecule has 0 spiro atoms. The lowest BCUT2D eigenvalue weighted by molar-refractivity contribution is 0.241. The van der Waals surface area contributed by atoms with Gasteiger partial charge in [-0.15, -0.1) is 0 Å². The molecule has 2 atom stereocenters. The van der Waals surface area contributed by atoms with E-state index in [4.69, 9.17) is 4.74 Å². The van der Waals surface area contributed by atoms with E-state index in [-0.39, 0.29) is 0 Å². The molecule has 17 heavy (non-hydrogen) atoms. The van der Waals surface area contributed by atoms with Crippen molar-refractivity contribution in [1.82, 2.24) is 0 Å². The lowest BCUT2D eigenvalue weighted by Gasteiger charge is -2.15. The summed E-state index contributed by atoms with van der Waals surface area (Å²) in [4.78, 5) is 0. The first-order valence-electron chi connectivity index (χ1n) is 6.56. The van der Waals surface area contributed by atoms with Gasteiger partial charge in [-0.05, 0) is 50.7 Å². The number of ether oxygens (including phenoxy) is 1. The lowest BCUT2D eigenvalue weighted by Crippen LogP contribution is -2.03. The maximum atomic E-state index is 5.48. The van der Waals surface area contributed by atoms with Gasteiger partial charge in [0.15, 0.2) is 0 Å². The summed E-state index contributed by atoms with van der Waals surface area (Å²) in [6.45, 7) is 7.02. The highest BCUT2D eigenvalue weighted by Gasteiger charge is 2.08. The molecule has 0 aromatic heterocycles. The third-order valence-corrected chi connectivity index (χ3v) is 2.93. The molecule has 0 fully saturated rings. The first kappa shape index (κ1) is 13.8. The van der Waals surface area contributed by atoms with Crippen LogP contribution < -0.4 is 0 Å². The van der Waals surface area contributed by atoms with Crippen molar-refractivity contribution in [1.29, 1.82) is 0 Å². The SMILES string of the molecule is C/C=C(\C=C/C(C)CC1C=CC=CC1)OCC. The second-order valence-electron chi connectivity index (χ2n) is 4.50. The molecular formula is C16H24O. The molecule has 0 aliphatic heterocycles. The van der Waals surface area contributed by atoms with E-state index in [2.05, 4.69) is 43.4 Å². The highest BCUT2D eigenvalue weighted by molar-refractivity contribution is 5.14. The predicted octanol–water partition coefficient (Wildman–Crippen LogP) is 4.64. The molecule has 2 unspecified atom stereocenters. The number of hydrogen-bond acceptors (Lipinski definition) is 1. The van der Waals surface area contributed by atoms with Crippen molar-refractivity contribution in [3.05, 3.63) is 48.3 Å². The van der Waals surface area contributed by atoms with Gasteiger partial charge in [-0.25, -0.2) is 0 Å². The molecule has 0 saturated carbocycles. The molecular weight excluding hydrogens is 208 g/mol. The fraction of sp³-hybridized carbons (Fsp3) is 0.500. The summed E-state index contributed by atoms with van der Waals surface area (Å²) in [5, 5.41) is 0. The van der Waals surface area contributed by atoms with Gasteiger partial charge in [0.05, 0.1) is 6.61 Å². The summed E-state index contributed by atoms with van der Waals surface area (Å²) in [5.41, 5.74) is 0. The quantitative estimate of drug-likeness (QED) is 0.479. The first-order chi connectivity index (χ1) is 8.26. The summed E-state index contributed by atoms with van der Waals surface area (Å²) in [6.07, 6.45) is 17.6. The van der Waals surface area contributed by atoms with Crippen LogP contribution in [0, 0.1) is 11.8 Å². The summed E-state index contributed by atoms with van der Waals surface area (Å²) in [5.74, 6) is 2.26. The van der Waals surface area contributed by atoms with Crippen LogP contribution in [0.1, 0.15) is 33.6 Å². The average Bonchev–Trinajstić information content (AvgIpc) is 2.35. The van der Waals surface area contributed by atoms with E-state index in [0.717, 1.165) is 12.4 Å². The highest BCUT2D eigenvalue weighted by atomic mass is 16.5. The Morgan fingerprint density at radius 2 is 2.29 bits per heavy atom. The van der Waals surface area contributed by atoms with Crippen LogP contribution in [0.15, 0.2) is 48.3 Å². The van der Waals surface area contributed by atoms with Gasteiger partial charge in [0, 0.05) is 0 Å². The second kappa shape index (κ2) is 7.94. The Bertz CT molecular complexity index is 320. The highest BCUT2D eigenvalue weighted by Crippen LogP contribution is 2.21. The molecule has 94 valence electrons. The van der Waals surface area contributed by atoms with Gasteiger partial charge in [0.25, 0.3) is 0 Å². The normalized spacial score (nSPS) is 22.1. The van der Waals surface area contributed by atoms with Crippen LogP contribution in [0.3, 0.4) is 0 Å².